The molecule has 1 atom stereocenters. The maximum Gasteiger partial charge on any atom is 0.241 e. The summed E-state index contributed by atoms with van der Waals surface area (Å²) >= 11 is 1.38. The molecule has 0 radical (unpaired) electrons. The summed E-state index contributed by atoms with van der Waals surface area (Å²) in [5, 5.41) is 0. The van der Waals surface area contributed by atoms with E-state index >= 15 is 0 Å². The first-order chi connectivity index (χ1) is 10.5. The number of hydrogen-bond donors (Lipinski definition) is 1. The zero-order valence-electron chi connectivity index (χ0n) is 11.4. The lowest BCUT2D eigenvalue weighted by Gasteiger charge is -2.26. The average Bonchev–Trinajstić information content (AvgIpc) is 2.48. The SMILES string of the molecule is O=S(=O)(N[C@@H]1CCSc2c(F)cccc21)c1ccc(F)cc1. The van der Waals surface area contributed by atoms with Gasteiger partial charge in [0.15, 0.2) is 0 Å². The Morgan fingerprint density at radius 2 is 1.82 bits per heavy atom. The van der Waals surface area contributed by atoms with Crippen molar-refractivity contribution < 1.29 is 17.2 Å². The van der Waals surface area contributed by atoms with Gasteiger partial charge in [0.05, 0.1) is 4.90 Å². The van der Waals surface area contributed by atoms with Crippen LogP contribution in [0.2, 0.25) is 0 Å². The number of rotatable bonds is 3. The highest BCUT2D eigenvalue weighted by atomic mass is 32.2. The lowest BCUT2D eigenvalue weighted by molar-refractivity contribution is 0.533. The smallest absolute Gasteiger partial charge is 0.207 e. The van der Waals surface area contributed by atoms with Crippen LogP contribution >= 0.6 is 11.8 Å². The van der Waals surface area contributed by atoms with Crippen LogP contribution in [0.5, 0.6) is 0 Å². The van der Waals surface area contributed by atoms with Crippen LogP contribution in [-0.2, 0) is 10.0 Å². The number of nitrogens with one attached hydrogen (secondary N) is 1. The number of sulfonamides is 1. The van der Waals surface area contributed by atoms with Gasteiger partial charge in [-0.1, -0.05) is 12.1 Å². The standard InChI is InChI=1S/C15H13F2NO2S2/c16-10-4-6-11(7-5-10)22(19,20)18-14-8-9-21-15-12(14)2-1-3-13(15)17/h1-7,14,18H,8-9H2/t14-/m1/s1. The van der Waals surface area contributed by atoms with Crippen LogP contribution in [-0.4, -0.2) is 14.2 Å². The third-order valence-electron chi connectivity index (χ3n) is 3.45. The third-order valence-corrected chi connectivity index (χ3v) is 6.09. The Morgan fingerprint density at radius 3 is 2.55 bits per heavy atom. The first kappa shape index (κ1) is 15.5. The van der Waals surface area contributed by atoms with E-state index in [0.717, 1.165) is 12.1 Å². The molecule has 0 unspecified atom stereocenters. The predicted molar refractivity (Wildman–Crippen MR) is 81.2 cm³/mol. The van der Waals surface area contributed by atoms with Crippen molar-refractivity contribution in [1.82, 2.24) is 4.72 Å². The highest BCUT2D eigenvalue weighted by Crippen LogP contribution is 2.38. The van der Waals surface area contributed by atoms with Gasteiger partial charge in [-0.25, -0.2) is 21.9 Å². The second-order valence-corrected chi connectivity index (χ2v) is 7.74. The molecule has 3 nitrogen and oxygen atoms in total. The molecule has 0 saturated heterocycles. The normalized spacial score (nSPS) is 18.0. The molecule has 22 heavy (non-hydrogen) atoms. The number of benzene rings is 2. The van der Waals surface area contributed by atoms with Crippen molar-refractivity contribution in [2.45, 2.75) is 22.3 Å². The third kappa shape index (κ3) is 3.02. The van der Waals surface area contributed by atoms with Gasteiger partial charge < -0.3 is 0 Å². The van der Waals surface area contributed by atoms with Crippen molar-refractivity contribution in [3.8, 4) is 0 Å². The molecular weight excluding hydrogens is 328 g/mol. The van der Waals surface area contributed by atoms with E-state index in [4.69, 9.17) is 0 Å². The van der Waals surface area contributed by atoms with Crippen LogP contribution in [0.3, 0.4) is 0 Å². The Balaban J connectivity index is 1.91. The Kier molecular flexibility index (Phi) is 4.20. The van der Waals surface area contributed by atoms with Gasteiger partial charge >= 0.3 is 0 Å². The summed E-state index contributed by atoms with van der Waals surface area (Å²) in [5.74, 6) is -0.210. The zero-order chi connectivity index (χ0) is 15.7. The molecule has 0 amide bonds. The summed E-state index contributed by atoms with van der Waals surface area (Å²) in [5.41, 5.74) is 0.641. The molecule has 0 aliphatic carbocycles. The molecule has 0 fully saturated rings. The Morgan fingerprint density at radius 1 is 1.09 bits per heavy atom. The van der Waals surface area contributed by atoms with Crippen LogP contribution in [0, 0.1) is 11.6 Å². The molecule has 1 aliphatic rings. The fourth-order valence-electron chi connectivity index (χ4n) is 2.38. The Bertz CT molecular complexity index is 792. The van der Waals surface area contributed by atoms with Gasteiger partial charge in [0.25, 0.3) is 0 Å². The van der Waals surface area contributed by atoms with Crippen molar-refractivity contribution in [1.29, 1.82) is 0 Å². The molecule has 3 rings (SSSR count). The molecule has 0 saturated carbocycles. The van der Waals surface area contributed by atoms with Crippen LogP contribution < -0.4 is 4.72 Å². The Labute approximate surface area is 131 Å². The van der Waals surface area contributed by atoms with Crippen molar-refractivity contribution in [3.05, 3.63) is 59.7 Å². The summed E-state index contributed by atoms with van der Waals surface area (Å²) in [7, 11) is -3.78. The van der Waals surface area contributed by atoms with Crippen LogP contribution in [0.1, 0.15) is 18.0 Å². The number of fused-ring (bicyclic) bond motifs is 1. The summed E-state index contributed by atoms with van der Waals surface area (Å²) in [6, 6.07) is 8.79. The fourth-order valence-corrected chi connectivity index (χ4v) is 4.77. The van der Waals surface area contributed by atoms with E-state index in [-0.39, 0.29) is 10.7 Å². The van der Waals surface area contributed by atoms with Crippen LogP contribution in [0.15, 0.2) is 52.3 Å². The Hall–Kier alpha value is -1.44. The highest BCUT2D eigenvalue weighted by molar-refractivity contribution is 7.99. The van der Waals surface area contributed by atoms with E-state index in [1.54, 1.807) is 12.1 Å². The minimum Gasteiger partial charge on any atom is -0.207 e. The van der Waals surface area contributed by atoms with Crippen molar-refractivity contribution >= 4 is 21.8 Å². The molecule has 7 heteroatoms. The molecule has 2 aromatic carbocycles. The number of hydrogen-bond acceptors (Lipinski definition) is 3. The highest BCUT2D eigenvalue weighted by Gasteiger charge is 2.27. The molecule has 0 aromatic heterocycles. The monoisotopic (exact) mass is 341 g/mol. The second kappa shape index (κ2) is 5.98. The maximum atomic E-state index is 13.8. The largest absolute Gasteiger partial charge is 0.241 e. The van der Waals surface area contributed by atoms with Gasteiger partial charge in [-0.2, -0.15) is 0 Å². The van der Waals surface area contributed by atoms with E-state index < -0.39 is 21.9 Å². The van der Waals surface area contributed by atoms with Crippen LogP contribution in [0.4, 0.5) is 8.78 Å². The molecule has 1 N–H and O–H groups in total. The van der Waals surface area contributed by atoms with E-state index in [2.05, 4.69) is 4.72 Å². The molecule has 0 spiro atoms. The molecule has 1 aliphatic heterocycles. The van der Waals surface area contributed by atoms with Crippen molar-refractivity contribution in [2.24, 2.45) is 0 Å². The number of halogens is 2. The van der Waals surface area contributed by atoms with Gasteiger partial charge in [0.1, 0.15) is 11.6 Å². The van der Waals surface area contributed by atoms with Gasteiger partial charge in [0, 0.05) is 10.9 Å². The average molecular weight is 341 g/mol. The minimum absolute atomic E-state index is 0.00919. The quantitative estimate of drug-likeness (QED) is 0.930. The lowest BCUT2D eigenvalue weighted by atomic mass is 10.0. The summed E-state index contributed by atoms with van der Waals surface area (Å²) < 4.78 is 54.0. The molecular formula is C15H13F2NO2S2. The molecule has 1 heterocycles. The van der Waals surface area contributed by atoms with E-state index in [0.29, 0.717) is 22.6 Å². The van der Waals surface area contributed by atoms with Crippen molar-refractivity contribution in [3.63, 3.8) is 0 Å². The van der Waals surface area contributed by atoms with E-state index in [9.17, 15) is 17.2 Å². The van der Waals surface area contributed by atoms with E-state index in [1.807, 2.05) is 0 Å². The van der Waals surface area contributed by atoms with Crippen molar-refractivity contribution in [2.75, 3.05) is 5.75 Å². The second-order valence-electron chi connectivity index (χ2n) is 4.92. The number of thioether (sulfide) groups is 1. The molecule has 116 valence electrons. The van der Waals surface area contributed by atoms with Gasteiger partial charge in [-0.15, -0.1) is 11.8 Å². The zero-order valence-corrected chi connectivity index (χ0v) is 13.1. The topological polar surface area (TPSA) is 46.2 Å². The minimum atomic E-state index is -3.78. The van der Waals surface area contributed by atoms with E-state index in [1.165, 1.54) is 30.0 Å². The van der Waals surface area contributed by atoms with Gasteiger partial charge in [-0.05, 0) is 48.1 Å². The maximum absolute atomic E-state index is 13.8. The molecule has 2 aromatic rings. The summed E-state index contributed by atoms with van der Waals surface area (Å²) in [6.45, 7) is 0. The first-order valence-electron chi connectivity index (χ1n) is 6.66. The predicted octanol–water partition coefficient (Wildman–Crippen LogP) is 3.48. The summed E-state index contributed by atoms with van der Waals surface area (Å²) in [4.78, 5) is 0.477. The van der Waals surface area contributed by atoms with Gasteiger partial charge in [0.2, 0.25) is 10.0 Å². The molecule has 0 bridgehead atoms. The fraction of sp³-hybridized carbons (Fsp3) is 0.200. The lowest BCUT2D eigenvalue weighted by Crippen LogP contribution is -2.31. The summed E-state index contributed by atoms with van der Waals surface area (Å²) in [6.07, 6.45) is 0.571. The van der Waals surface area contributed by atoms with Crippen LogP contribution in [0.25, 0.3) is 0 Å². The first-order valence-corrected chi connectivity index (χ1v) is 9.13. The van der Waals surface area contributed by atoms with Gasteiger partial charge in [-0.3, -0.25) is 0 Å².